The van der Waals surface area contributed by atoms with Crippen LogP contribution in [0.5, 0.6) is 0 Å². The van der Waals surface area contributed by atoms with Crippen molar-refractivity contribution >= 4 is 83.4 Å². The molecule has 13 heteroatoms. The number of amidine groups is 1. The number of thioether (sulfide) groups is 1. The fourth-order valence-electron chi connectivity index (χ4n) is 2.30. The van der Waals surface area contributed by atoms with Crippen LogP contribution in [0.25, 0.3) is 0 Å². The van der Waals surface area contributed by atoms with Gasteiger partial charge >= 0.3 is 0 Å². The molecule has 0 amide bonds. The molecule has 0 unspecified atom stereocenters. The Morgan fingerprint density at radius 3 is 1.68 bits per heavy atom. The lowest BCUT2D eigenvalue weighted by molar-refractivity contribution is 0.547. The summed E-state index contributed by atoms with van der Waals surface area (Å²) in [5.41, 5.74) is 0. The number of hydrogen-bond donors (Lipinski definition) is 0. The van der Waals surface area contributed by atoms with E-state index in [0.717, 1.165) is 23.9 Å². The number of benzene rings is 2. The minimum Gasteiger partial charge on any atom is -0.260 e. The molecular formula is C15H10Cl4N2O4S3. The van der Waals surface area contributed by atoms with E-state index >= 15 is 0 Å². The molecule has 2 aromatic carbocycles. The third kappa shape index (κ3) is 4.12. The SMILES string of the molecule is O=S(=O)(c1cc(Cl)ccc1Cl)N(C1=NCCS1)S(=O)(=O)c1cc(Cl)ccc1Cl. The quantitative estimate of drug-likeness (QED) is 0.580. The van der Waals surface area contributed by atoms with Crippen LogP contribution in [0.2, 0.25) is 20.1 Å². The van der Waals surface area contributed by atoms with Crippen molar-refractivity contribution in [3.8, 4) is 0 Å². The summed E-state index contributed by atoms with van der Waals surface area (Å²) in [5, 5.41) is -0.452. The Bertz CT molecular complexity index is 1100. The van der Waals surface area contributed by atoms with Crippen molar-refractivity contribution in [3.05, 3.63) is 56.5 Å². The Morgan fingerprint density at radius 1 is 0.821 bits per heavy atom. The molecule has 28 heavy (non-hydrogen) atoms. The van der Waals surface area contributed by atoms with E-state index in [1.807, 2.05) is 0 Å². The summed E-state index contributed by atoms with van der Waals surface area (Å²) in [6.45, 7) is 0.258. The number of hydrogen-bond acceptors (Lipinski definition) is 6. The van der Waals surface area contributed by atoms with Gasteiger partial charge in [-0.1, -0.05) is 58.2 Å². The molecule has 2 aromatic rings. The molecule has 0 aromatic heterocycles. The molecule has 0 atom stereocenters. The van der Waals surface area contributed by atoms with E-state index < -0.39 is 29.8 Å². The zero-order valence-corrected chi connectivity index (χ0v) is 19.1. The van der Waals surface area contributed by atoms with Gasteiger partial charge in [-0.05, 0) is 36.4 Å². The minimum atomic E-state index is -4.70. The van der Waals surface area contributed by atoms with Crippen LogP contribution in [-0.2, 0) is 20.0 Å². The van der Waals surface area contributed by atoms with Gasteiger partial charge in [0.05, 0.1) is 16.6 Å². The van der Waals surface area contributed by atoms with E-state index in [-0.39, 0.29) is 35.5 Å². The van der Waals surface area contributed by atoms with E-state index in [1.54, 1.807) is 0 Å². The molecular weight excluding hydrogens is 510 g/mol. The van der Waals surface area contributed by atoms with Gasteiger partial charge in [0, 0.05) is 15.8 Å². The van der Waals surface area contributed by atoms with Crippen LogP contribution in [0.1, 0.15) is 0 Å². The van der Waals surface area contributed by atoms with E-state index in [1.165, 1.54) is 24.3 Å². The molecule has 0 saturated carbocycles. The van der Waals surface area contributed by atoms with Gasteiger partial charge < -0.3 is 0 Å². The van der Waals surface area contributed by atoms with Crippen molar-refractivity contribution in [2.75, 3.05) is 12.3 Å². The summed E-state index contributed by atoms with van der Waals surface area (Å²) in [6, 6.07) is 7.44. The summed E-state index contributed by atoms with van der Waals surface area (Å²) < 4.78 is 53.6. The van der Waals surface area contributed by atoms with Gasteiger partial charge in [0.2, 0.25) is 0 Å². The number of rotatable bonds is 4. The smallest absolute Gasteiger partial charge is 0.260 e. The zero-order chi connectivity index (χ0) is 20.7. The molecule has 150 valence electrons. The van der Waals surface area contributed by atoms with Crippen LogP contribution >= 0.6 is 58.2 Å². The Morgan fingerprint density at radius 2 is 1.29 bits per heavy atom. The number of halogens is 4. The Kier molecular flexibility index (Phi) is 6.46. The first-order valence-electron chi connectivity index (χ1n) is 7.43. The first kappa shape index (κ1) is 22.0. The number of sulfonamides is 2. The summed E-state index contributed by atoms with van der Waals surface area (Å²) in [6.07, 6.45) is 0. The highest BCUT2D eigenvalue weighted by Gasteiger charge is 2.42. The van der Waals surface area contributed by atoms with Crippen molar-refractivity contribution in [1.29, 1.82) is 0 Å². The lowest BCUT2D eigenvalue weighted by Crippen LogP contribution is -2.40. The Labute approximate surface area is 186 Å². The Balaban J connectivity index is 2.29. The van der Waals surface area contributed by atoms with Gasteiger partial charge in [0.25, 0.3) is 20.0 Å². The topological polar surface area (TPSA) is 83.9 Å². The van der Waals surface area contributed by atoms with Gasteiger partial charge in [0.15, 0.2) is 5.17 Å². The second kappa shape index (κ2) is 8.22. The highest BCUT2D eigenvalue weighted by atomic mass is 35.5. The average molecular weight is 520 g/mol. The van der Waals surface area contributed by atoms with Crippen LogP contribution in [0.4, 0.5) is 0 Å². The van der Waals surface area contributed by atoms with E-state index in [4.69, 9.17) is 46.4 Å². The largest absolute Gasteiger partial charge is 0.280 e. The second-order valence-electron chi connectivity index (χ2n) is 5.37. The van der Waals surface area contributed by atoms with Crippen LogP contribution in [0.15, 0.2) is 51.2 Å². The maximum absolute atomic E-state index is 13.3. The summed E-state index contributed by atoms with van der Waals surface area (Å²) in [7, 11) is -9.39. The fourth-order valence-corrected chi connectivity index (χ4v) is 8.73. The van der Waals surface area contributed by atoms with E-state index in [0.29, 0.717) is 5.75 Å². The molecule has 3 rings (SSSR count). The van der Waals surface area contributed by atoms with Gasteiger partial charge in [-0.15, -0.1) is 3.71 Å². The van der Waals surface area contributed by atoms with Gasteiger partial charge in [-0.25, -0.2) is 0 Å². The molecule has 0 saturated heterocycles. The molecule has 0 fully saturated rings. The molecule has 1 heterocycles. The fraction of sp³-hybridized carbons (Fsp3) is 0.133. The van der Waals surface area contributed by atoms with Gasteiger partial charge in [-0.2, -0.15) is 16.8 Å². The van der Waals surface area contributed by atoms with Crippen LogP contribution in [0, 0.1) is 0 Å². The van der Waals surface area contributed by atoms with Crippen molar-refractivity contribution < 1.29 is 16.8 Å². The first-order valence-corrected chi connectivity index (χ1v) is 12.8. The normalized spacial score (nSPS) is 14.8. The van der Waals surface area contributed by atoms with Crippen molar-refractivity contribution in [2.45, 2.75) is 9.79 Å². The van der Waals surface area contributed by atoms with E-state index in [2.05, 4.69) is 4.99 Å². The van der Waals surface area contributed by atoms with Crippen molar-refractivity contribution in [3.63, 3.8) is 0 Å². The predicted octanol–water partition coefficient (Wildman–Crippen LogP) is 4.78. The monoisotopic (exact) mass is 518 g/mol. The van der Waals surface area contributed by atoms with Crippen molar-refractivity contribution in [1.82, 2.24) is 3.71 Å². The molecule has 0 aliphatic carbocycles. The van der Waals surface area contributed by atoms with Crippen LogP contribution in [0.3, 0.4) is 0 Å². The predicted molar refractivity (Wildman–Crippen MR) is 114 cm³/mol. The minimum absolute atomic E-state index is 0.0714. The van der Waals surface area contributed by atoms with Gasteiger partial charge in [-0.3, -0.25) is 4.99 Å². The highest BCUT2D eigenvalue weighted by Crippen LogP contribution is 2.36. The van der Waals surface area contributed by atoms with Gasteiger partial charge in [0.1, 0.15) is 9.79 Å². The van der Waals surface area contributed by atoms with Crippen LogP contribution in [-0.4, -0.2) is 38.0 Å². The number of nitrogens with zero attached hydrogens (tertiary/aromatic N) is 2. The molecule has 0 bridgehead atoms. The summed E-state index contributed by atoms with van der Waals surface area (Å²) in [4.78, 5) is 3.07. The Hall–Kier alpha value is -0.680. The van der Waals surface area contributed by atoms with E-state index in [9.17, 15) is 16.8 Å². The maximum atomic E-state index is 13.3. The highest BCUT2D eigenvalue weighted by molar-refractivity contribution is 8.17. The average Bonchev–Trinajstić information content (AvgIpc) is 3.12. The lowest BCUT2D eigenvalue weighted by atomic mass is 10.4. The summed E-state index contributed by atoms with van der Waals surface area (Å²) >= 11 is 24.8. The molecule has 1 aliphatic rings. The maximum Gasteiger partial charge on any atom is 0.280 e. The third-order valence-corrected chi connectivity index (χ3v) is 10.2. The lowest BCUT2D eigenvalue weighted by Gasteiger charge is -2.24. The van der Waals surface area contributed by atoms with Crippen molar-refractivity contribution in [2.24, 2.45) is 4.99 Å². The molecule has 6 nitrogen and oxygen atoms in total. The molecule has 0 radical (unpaired) electrons. The first-order chi connectivity index (χ1) is 13.0. The summed E-state index contributed by atoms with van der Waals surface area (Å²) in [5.74, 6) is 0.420. The molecule has 0 spiro atoms. The molecule has 0 N–H and O–H groups in total. The van der Waals surface area contributed by atoms with Crippen LogP contribution < -0.4 is 0 Å². The third-order valence-electron chi connectivity index (χ3n) is 3.50. The standard InChI is InChI=1S/C15H10Cl4N2O4S3/c16-9-1-3-11(18)13(7-9)27(22,23)21(15-20-5-6-26-15)28(24,25)14-8-10(17)2-4-12(14)19/h1-4,7-8H,5-6H2. The zero-order valence-electron chi connectivity index (χ0n) is 13.6. The second-order valence-corrected chi connectivity index (χ2v) is 11.9. The molecule has 1 aliphatic heterocycles. The number of aliphatic imine (C=N–C) groups is 1.